The van der Waals surface area contributed by atoms with Crippen molar-refractivity contribution in [1.29, 1.82) is 0 Å². The zero-order valence-electron chi connectivity index (χ0n) is 48.4. The van der Waals surface area contributed by atoms with Crippen molar-refractivity contribution >= 4 is 33.3 Å². The summed E-state index contributed by atoms with van der Waals surface area (Å²) in [6.07, 6.45) is 15.8. The first-order valence-electron chi connectivity index (χ1n) is 28.2. The van der Waals surface area contributed by atoms with Crippen LogP contribution in [0.2, 0.25) is 10.0 Å². The molecule has 444 valence electrons. The van der Waals surface area contributed by atoms with Gasteiger partial charge < -0.3 is 26.0 Å². The number of aliphatic hydroxyl groups is 3. The van der Waals surface area contributed by atoms with Crippen LogP contribution in [0, 0.1) is 6.92 Å². The molecule has 9 aromatic rings. The fourth-order valence-corrected chi connectivity index (χ4v) is 11.3. The van der Waals surface area contributed by atoms with E-state index < -0.39 is 10.1 Å². The molecule has 2 fully saturated rings. The maximum absolute atomic E-state index is 10.5. The first-order valence-corrected chi connectivity index (χ1v) is 30.4. The van der Waals surface area contributed by atoms with Gasteiger partial charge in [-0.2, -0.15) is 18.6 Å². The van der Waals surface area contributed by atoms with E-state index in [4.69, 9.17) is 53.3 Å². The zero-order chi connectivity index (χ0) is 60.4. The van der Waals surface area contributed by atoms with Crippen LogP contribution in [0.5, 0.6) is 0 Å². The zero-order valence-corrected chi connectivity index (χ0v) is 50.8. The van der Waals surface area contributed by atoms with Crippen molar-refractivity contribution in [3.8, 4) is 45.0 Å². The van der Waals surface area contributed by atoms with E-state index in [1.54, 1.807) is 44.1 Å². The van der Waals surface area contributed by atoms with Gasteiger partial charge in [-0.1, -0.05) is 126 Å². The van der Waals surface area contributed by atoms with E-state index in [0.29, 0.717) is 46.0 Å². The summed E-state index contributed by atoms with van der Waals surface area (Å²) in [6, 6.07) is 48.7. The number of benzene rings is 5. The van der Waals surface area contributed by atoms with Crippen molar-refractivity contribution in [1.82, 2.24) is 51.0 Å². The Morgan fingerprint density at radius 1 is 0.548 bits per heavy atom. The van der Waals surface area contributed by atoms with Gasteiger partial charge in [-0.25, -0.2) is 19.9 Å². The third kappa shape index (κ3) is 19.0. The molecule has 5 aromatic carbocycles. The first-order chi connectivity index (χ1) is 40.8. The number of H-pyrrole nitrogens is 2. The van der Waals surface area contributed by atoms with Crippen molar-refractivity contribution in [2.75, 3.05) is 20.8 Å². The number of aromatic nitrogens is 8. The molecule has 19 heteroatoms. The molecule has 2 saturated carbocycles. The quantitative estimate of drug-likeness (QED) is 0.0501. The fraction of sp³-hybridized carbons (Fsp3) is 0.323. The molecule has 0 amide bonds. The molecule has 4 heterocycles. The lowest BCUT2D eigenvalue weighted by Gasteiger charge is -2.31. The summed E-state index contributed by atoms with van der Waals surface area (Å²) in [5.74, 6) is 0.849. The van der Waals surface area contributed by atoms with Crippen LogP contribution in [0.1, 0.15) is 124 Å². The predicted octanol–water partition coefficient (Wildman–Crippen LogP) is 13.6. The van der Waals surface area contributed by atoms with Crippen LogP contribution in [-0.2, 0) is 10.1 Å². The number of aromatic amines is 2. The predicted molar refractivity (Wildman–Crippen MR) is 336 cm³/mol. The van der Waals surface area contributed by atoms with Crippen molar-refractivity contribution in [2.45, 2.75) is 120 Å². The minimum atomic E-state index is -4.02. The van der Waals surface area contributed by atoms with Crippen LogP contribution in [0.15, 0.2) is 176 Å². The van der Waals surface area contributed by atoms with Gasteiger partial charge in [0.05, 0.1) is 16.3 Å². The summed E-state index contributed by atoms with van der Waals surface area (Å²) in [4.78, 5) is 17.3. The Labute approximate surface area is 504 Å². The number of nitrogens with one attached hydrogen (secondary N) is 4. The molecule has 11 rings (SSSR count). The molecule has 84 heavy (non-hydrogen) atoms. The monoisotopic (exact) mass is 1200 g/mol. The van der Waals surface area contributed by atoms with Crippen LogP contribution < -0.4 is 10.6 Å². The molecule has 2 atom stereocenters. The Kier molecular flexibility index (Phi) is 26.8. The molecule has 8 N–H and O–H groups in total. The normalized spacial score (nSPS) is 17.0. The second kappa shape index (κ2) is 34.1. The Hall–Kier alpha value is -7.03. The SMILES string of the molecule is CCO.CO.CO.C[C@@H](NC1CCC(c2[nH]nc(-c3ccc(Cl)cc3)c2-c2ccncn2)CC1)c1ccccc1.C[C@@H](NC1CCC(c2[nH]nc(-c3ccc(Cl)cc3)c2-c2ccncn2)CC1)c1ccccc1.Cc1ccc(S(=O)(=O)O)cc1. The number of hydrogen-bond acceptors (Lipinski definition) is 13. The molecule has 2 aliphatic rings. The highest BCUT2D eigenvalue weighted by atomic mass is 35.5. The van der Waals surface area contributed by atoms with Crippen LogP contribution in [0.3, 0.4) is 0 Å². The second-order valence-corrected chi connectivity index (χ2v) is 22.5. The van der Waals surface area contributed by atoms with Gasteiger partial charge in [0.2, 0.25) is 0 Å². The lowest BCUT2D eigenvalue weighted by Crippen LogP contribution is -2.34. The summed E-state index contributed by atoms with van der Waals surface area (Å²) < 4.78 is 29.6. The van der Waals surface area contributed by atoms with Gasteiger partial charge >= 0.3 is 0 Å². The Morgan fingerprint density at radius 2 is 0.905 bits per heavy atom. The van der Waals surface area contributed by atoms with Gasteiger partial charge in [0, 0.05) is 113 Å². The van der Waals surface area contributed by atoms with Crippen LogP contribution in [0.25, 0.3) is 45.0 Å². The number of halogens is 2. The smallest absolute Gasteiger partial charge is 0.294 e. The fourth-order valence-electron chi connectivity index (χ4n) is 10.5. The molecule has 16 nitrogen and oxygen atoms in total. The topological polar surface area (TPSA) is 248 Å². The van der Waals surface area contributed by atoms with Gasteiger partial charge in [0.1, 0.15) is 24.0 Å². The van der Waals surface area contributed by atoms with Gasteiger partial charge in [-0.05, 0) is 139 Å². The number of aryl methyl sites for hydroxylation is 1. The highest BCUT2D eigenvalue weighted by Crippen LogP contribution is 2.43. The molecule has 4 aromatic heterocycles. The third-order valence-corrected chi connectivity index (χ3v) is 16.0. The minimum Gasteiger partial charge on any atom is -0.400 e. The maximum Gasteiger partial charge on any atom is 0.294 e. The van der Waals surface area contributed by atoms with E-state index in [-0.39, 0.29) is 11.5 Å². The van der Waals surface area contributed by atoms with Crippen molar-refractivity contribution in [3.63, 3.8) is 0 Å². The minimum absolute atomic E-state index is 0.0666. The largest absolute Gasteiger partial charge is 0.400 e. The molecule has 0 saturated heterocycles. The second-order valence-electron chi connectivity index (χ2n) is 20.2. The Balaban J connectivity index is 0.000000210. The number of rotatable bonds is 13. The van der Waals surface area contributed by atoms with E-state index in [1.165, 1.54) is 34.6 Å². The Bertz CT molecular complexity index is 3200. The maximum atomic E-state index is 10.5. The highest BCUT2D eigenvalue weighted by Gasteiger charge is 2.31. The first kappa shape index (κ1) is 66.1. The van der Waals surface area contributed by atoms with Gasteiger partial charge in [0.15, 0.2) is 0 Å². The lowest BCUT2D eigenvalue weighted by atomic mass is 9.81. The third-order valence-electron chi connectivity index (χ3n) is 14.7. The van der Waals surface area contributed by atoms with Crippen LogP contribution in [0.4, 0.5) is 0 Å². The molecular formula is C65H78Cl2N10O6S. The average molecular weight is 1200 g/mol. The number of hydrogen-bond donors (Lipinski definition) is 8. The standard InChI is InChI=1S/2C27H28ClN5.C7H8O3S.C2H6O.2CH4O/c2*1-18(19-5-3-2-4-6-19)31-23-13-9-21(10-14-23)27-25(24-15-16-29-17-30-24)26(32-33-27)20-7-11-22(28)12-8-20;1-6-2-4-7(5-3-6)11(8,9)10;1-2-3;2*1-2/h2*2-8,11-12,15-18,21,23,31H,9-10,13-14H2,1H3,(H,32,33);2-5H,1H3,(H,8,9,10);3H,2H2,1H3;2*2H,1H3/t2*18-,21?,23?;;;;/m11..../s1. The Morgan fingerprint density at radius 3 is 1.23 bits per heavy atom. The number of nitrogens with zero attached hydrogens (tertiary/aromatic N) is 6. The molecule has 0 bridgehead atoms. The van der Waals surface area contributed by atoms with Crippen molar-refractivity contribution in [3.05, 3.63) is 209 Å². The van der Waals surface area contributed by atoms with Gasteiger partial charge in [-0.15, -0.1) is 0 Å². The lowest BCUT2D eigenvalue weighted by molar-refractivity contribution is 0.318. The van der Waals surface area contributed by atoms with E-state index in [2.05, 4.69) is 115 Å². The molecular weight excluding hydrogens is 1120 g/mol. The van der Waals surface area contributed by atoms with Crippen molar-refractivity contribution in [2.24, 2.45) is 0 Å². The van der Waals surface area contributed by atoms with E-state index >= 15 is 0 Å². The van der Waals surface area contributed by atoms with E-state index in [1.807, 2.05) is 67.6 Å². The molecule has 0 aliphatic heterocycles. The van der Waals surface area contributed by atoms with E-state index in [9.17, 15) is 8.42 Å². The summed E-state index contributed by atoms with van der Waals surface area (Å²) in [5, 5.41) is 46.9. The van der Waals surface area contributed by atoms with E-state index in [0.717, 1.165) is 116 Å². The van der Waals surface area contributed by atoms with Gasteiger partial charge in [-0.3, -0.25) is 14.8 Å². The summed E-state index contributed by atoms with van der Waals surface area (Å²) in [5.41, 5.74) is 13.8. The van der Waals surface area contributed by atoms with Crippen LogP contribution in [-0.4, -0.2) is 102 Å². The summed E-state index contributed by atoms with van der Waals surface area (Å²) in [6.45, 7) is 8.28. The molecule has 2 aliphatic carbocycles. The highest BCUT2D eigenvalue weighted by molar-refractivity contribution is 7.85. The molecule has 0 radical (unpaired) electrons. The van der Waals surface area contributed by atoms with Gasteiger partial charge in [0.25, 0.3) is 10.1 Å². The molecule has 0 spiro atoms. The molecule has 0 unspecified atom stereocenters. The number of aliphatic hydroxyl groups excluding tert-OH is 3. The average Bonchev–Trinajstić information content (AvgIpc) is 3.41. The summed E-state index contributed by atoms with van der Waals surface area (Å²) >= 11 is 12.2. The summed E-state index contributed by atoms with van der Waals surface area (Å²) in [7, 11) is -2.02. The van der Waals surface area contributed by atoms with Crippen molar-refractivity contribution < 1.29 is 28.3 Å². The van der Waals surface area contributed by atoms with Crippen LogP contribution >= 0.6 is 23.2 Å².